The smallest absolute Gasteiger partial charge is 0.317 e. The number of halogens is 1. The first-order chi connectivity index (χ1) is 16.0. The number of aromatic nitrogens is 3. The van der Waals surface area contributed by atoms with Gasteiger partial charge < -0.3 is 14.5 Å². The molecule has 8 heteroatoms. The zero-order valence-electron chi connectivity index (χ0n) is 19.0. The molecule has 7 nitrogen and oxygen atoms in total. The second kappa shape index (κ2) is 11.6. The molecule has 0 aliphatic carbocycles. The Morgan fingerprint density at radius 1 is 1.15 bits per heavy atom. The van der Waals surface area contributed by atoms with Gasteiger partial charge in [0.05, 0.1) is 19.0 Å². The van der Waals surface area contributed by atoms with Crippen LogP contribution in [0.2, 0.25) is 5.02 Å². The van der Waals surface area contributed by atoms with Crippen molar-refractivity contribution in [3.8, 4) is 0 Å². The number of methoxy groups -OCH3 is 1. The second-order valence-electron chi connectivity index (χ2n) is 7.75. The molecule has 3 rings (SSSR count). The van der Waals surface area contributed by atoms with Gasteiger partial charge in [-0.3, -0.25) is 14.6 Å². The zero-order valence-corrected chi connectivity index (χ0v) is 19.7. The molecule has 2 aromatic heterocycles. The lowest BCUT2D eigenvalue weighted by atomic mass is 9.91. The Morgan fingerprint density at radius 2 is 1.88 bits per heavy atom. The standard InChI is InChI=1S/C25H28ClN3O4/c1-4-5-8-19(18-9-6-7-10-20(18)26)24-28-15-21(29-24)23(33-16(2)30)22(25(31)32-3)17-11-13-27-14-12-17/h6-7,9-15,19,22-23H,4-5,8H2,1-3H3,(H,28,29). The van der Waals surface area contributed by atoms with E-state index in [1.165, 1.54) is 14.0 Å². The van der Waals surface area contributed by atoms with Crippen LogP contribution in [0, 0.1) is 0 Å². The summed E-state index contributed by atoms with van der Waals surface area (Å²) >= 11 is 6.50. The first-order valence-electron chi connectivity index (χ1n) is 10.9. The van der Waals surface area contributed by atoms with E-state index in [4.69, 9.17) is 21.1 Å². The van der Waals surface area contributed by atoms with Crippen molar-refractivity contribution < 1.29 is 19.1 Å². The van der Waals surface area contributed by atoms with Crippen molar-refractivity contribution >= 4 is 23.5 Å². The average molecular weight is 470 g/mol. The summed E-state index contributed by atoms with van der Waals surface area (Å²) in [5.74, 6) is -1.31. The summed E-state index contributed by atoms with van der Waals surface area (Å²) in [6.45, 7) is 3.43. The van der Waals surface area contributed by atoms with Crippen LogP contribution in [0.1, 0.15) is 73.7 Å². The van der Waals surface area contributed by atoms with E-state index in [0.717, 1.165) is 24.8 Å². The summed E-state index contributed by atoms with van der Waals surface area (Å²) in [6, 6.07) is 11.1. The second-order valence-corrected chi connectivity index (χ2v) is 8.16. The van der Waals surface area contributed by atoms with E-state index in [0.29, 0.717) is 22.1 Å². The van der Waals surface area contributed by atoms with Gasteiger partial charge in [-0.1, -0.05) is 49.6 Å². The van der Waals surface area contributed by atoms with Crippen LogP contribution >= 0.6 is 11.6 Å². The lowest BCUT2D eigenvalue weighted by Gasteiger charge is -2.24. The third-order valence-corrected chi connectivity index (χ3v) is 5.84. The summed E-state index contributed by atoms with van der Waals surface area (Å²) < 4.78 is 10.7. The van der Waals surface area contributed by atoms with Crippen LogP contribution in [-0.4, -0.2) is 34.0 Å². The Balaban J connectivity index is 2.04. The number of unbranched alkanes of at least 4 members (excludes halogenated alkanes) is 1. The van der Waals surface area contributed by atoms with Gasteiger partial charge in [0.1, 0.15) is 11.7 Å². The monoisotopic (exact) mass is 469 g/mol. The predicted octanol–water partition coefficient (Wildman–Crippen LogP) is 5.34. The highest BCUT2D eigenvalue weighted by molar-refractivity contribution is 6.31. The molecule has 0 amide bonds. The Bertz CT molecular complexity index is 1070. The van der Waals surface area contributed by atoms with Crippen LogP contribution in [0.25, 0.3) is 0 Å². The first-order valence-corrected chi connectivity index (χ1v) is 11.3. The Labute approximate surface area is 198 Å². The number of imidazole rings is 1. The topological polar surface area (TPSA) is 94.2 Å². The molecule has 3 unspecified atom stereocenters. The van der Waals surface area contributed by atoms with Crippen molar-refractivity contribution in [2.75, 3.05) is 7.11 Å². The van der Waals surface area contributed by atoms with E-state index in [9.17, 15) is 9.59 Å². The van der Waals surface area contributed by atoms with Crippen molar-refractivity contribution in [3.05, 3.63) is 82.7 Å². The van der Waals surface area contributed by atoms with Crippen LogP contribution in [0.15, 0.2) is 55.0 Å². The minimum absolute atomic E-state index is 0.0668. The Hall–Kier alpha value is -3.19. The molecule has 0 bridgehead atoms. The normalized spacial score (nSPS) is 13.7. The van der Waals surface area contributed by atoms with Crippen LogP contribution < -0.4 is 0 Å². The van der Waals surface area contributed by atoms with Crippen LogP contribution in [0.3, 0.4) is 0 Å². The number of nitrogens with zero attached hydrogens (tertiary/aromatic N) is 2. The van der Waals surface area contributed by atoms with Crippen LogP contribution in [0.4, 0.5) is 0 Å². The van der Waals surface area contributed by atoms with Crippen LogP contribution in [-0.2, 0) is 19.1 Å². The average Bonchev–Trinajstić information content (AvgIpc) is 3.30. The van der Waals surface area contributed by atoms with E-state index >= 15 is 0 Å². The Morgan fingerprint density at radius 3 is 2.52 bits per heavy atom. The fraction of sp³-hybridized carbons (Fsp3) is 0.360. The fourth-order valence-electron chi connectivity index (χ4n) is 3.90. The molecule has 174 valence electrons. The number of H-pyrrole nitrogens is 1. The van der Waals surface area contributed by atoms with Crippen LogP contribution in [0.5, 0.6) is 0 Å². The minimum atomic E-state index is -0.948. The SMILES string of the molecule is CCCCC(c1ncc(C(OC(C)=O)C(C(=O)OC)c2ccncc2)[nH]1)c1ccccc1Cl. The number of carbonyl (C=O) groups excluding carboxylic acids is 2. The summed E-state index contributed by atoms with van der Waals surface area (Å²) in [5.41, 5.74) is 2.09. The highest BCUT2D eigenvalue weighted by Crippen LogP contribution is 2.37. The van der Waals surface area contributed by atoms with Gasteiger partial charge in [0.25, 0.3) is 0 Å². The molecule has 0 radical (unpaired) electrons. The number of aromatic amines is 1. The zero-order chi connectivity index (χ0) is 23.8. The number of pyridine rings is 1. The molecule has 0 spiro atoms. The molecule has 33 heavy (non-hydrogen) atoms. The van der Waals surface area contributed by atoms with Gasteiger partial charge in [0.15, 0.2) is 6.10 Å². The van der Waals surface area contributed by atoms with Crippen molar-refractivity contribution in [2.24, 2.45) is 0 Å². The van der Waals surface area contributed by atoms with E-state index in [2.05, 4.69) is 21.9 Å². The van der Waals surface area contributed by atoms with Gasteiger partial charge in [0, 0.05) is 30.3 Å². The maximum atomic E-state index is 12.8. The Kier molecular flexibility index (Phi) is 8.60. The van der Waals surface area contributed by atoms with Crippen molar-refractivity contribution in [2.45, 2.75) is 51.0 Å². The number of hydrogen-bond donors (Lipinski definition) is 1. The predicted molar refractivity (Wildman–Crippen MR) is 125 cm³/mol. The maximum absolute atomic E-state index is 12.8. The first kappa shape index (κ1) is 24.5. The van der Waals surface area contributed by atoms with E-state index < -0.39 is 24.0 Å². The van der Waals surface area contributed by atoms with Crippen molar-refractivity contribution in [1.82, 2.24) is 15.0 Å². The van der Waals surface area contributed by atoms with Crippen molar-refractivity contribution in [3.63, 3.8) is 0 Å². The molecule has 2 heterocycles. The van der Waals surface area contributed by atoms with Gasteiger partial charge in [-0.2, -0.15) is 0 Å². The number of hydrogen-bond acceptors (Lipinski definition) is 6. The molecular weight excluding hydrogens is 442 g/mol. The molecule has 3 aromatic rings. The number of benzene rings is 1. The molecule has 1 aromatic carbocycles. The third kappa shape index (κ3) is 5.99. The summed E-state index contributed by atoms with van der Waals surface area (Å²) in [4.78, 5) is 36.7. The molecule has 0 saturated carbocycles. The molecule has 0 saturated heterocycles. The summed E-state index contributed by atoms with van der Waals surface area (Å²) in [6.07, 6.45) is 6.67. The number of esters is 2. The van der Waals surface area contributed by atoms with Gasteiger partial charge >= 0.3 is 11.9 Å². The molecule has 3 atom stereocenters. The summed E-state index contributed by atoms with van der Waals surface area (Å²) in [5, 5.41) is 0.664. The van der Waals surface area contributed by atoms with Gasteiger partial charge in [-0.05, 0) is 35.7 Å². The molecular formula is C25H28ClN3O4. The van der Waals surface area contributed by atoms with Gasteiger partial charge in [-0.25, -0.2) is 4.98 Å². The number of rotatable bonds is 10. The summed E-state index contributed by atoms with van der Waals surface area (Å²) in [7, 11) is 1.30. The van der Waals surface area contributed by atoms with E-state index in [1.54, 1.807) is 30.7 Å². The largest absolute Gasteiger partial charge is 0.468 e. The van der Waals surface area contributed by atoms with Gasteiger partial charge in [0.2, 0.25) is 0 Å². The molecule has 0 fully saturated rings. The van der Waals surface area contributed by atoms with Crippen molar-refractivity contribution in [1.29, 1.82) is 0 Å². The maximum Gasteiger partial charge on any atom is 0.317 e. The number of ether oxygens (including phenoxy) is 2. The number of nitrogens with one attached hydrogen (secondary N) is 1. The number of carbonyl (C=O) groups is 2. The van der Waals surface area contributed by atoms with E-state index in [-0.39, 0.29) is 5.92 Å². The molecule has 0 aliphatic rings. The minimum Gasteiger partial charge on any atom is -0.468 e. The highest BCUT2D eigenvalue weighted by Gasteiger charge is 2.36. The molecule has 0 aliphatic heterocycles. The molecule has 1 N–H and O–H groups in total. The fourth-order valence-corrected chi connectivity index (χ4v) is 4.17. The van der Waals surface area contributed by atoms with E-state index in [1.807, 2.05) is 24.3 Å². The highest BCUT2D eigenvalue weighted by atomic mass is 35.5. The quantitative estimate of drug-likeness (QED) is 0.403. The lowest BCUT2D eigenvalue weighted by Crippen LogP contribution is -2.25. The third-order valence-electron chi connectivity index (χ3n) is 5.49. The van der Waals surface area contributed by atoms with Gasteiger partial charge in [-0.15, -0.1) is 0 Å². The lowest BCUT2D eigenvalue weighted by molar-refractivity contribution is -0.155.